The normalized spacial score (nSPS) is 14.2. The summed E-state index contributed by atoms with van der Waals surface area (Å²) in [5.41, 5.74) is 2.18. The van der Waals surface area contributed by atoms with E-state index < -0.39 is 6.10 Å². The maximum atomic E-state index is 10.1. The van der Waals surface area contributed by atoms with Gasteiger partial charge in [0.15, 0.2) is 0 Å². The molecule has 4 nitrogen and oxygen atoms in total. The van der Waals surface area contributed by atoms with E-state index in [1.807, 2.05) is 0 Å². The van der Waals surface area contributed by atoms with Gasteiger partial charge in [-0.05, 0) is 37.9 Å². The molecule has 0 bridgehead atoms. The molecule has 0 spiro atoms. The lowest BCUT2D eigenvalue weighted by atomic mass is 10.0. The summed E-state index contributed by atoms with van der Waals surface area (Å²) in [7, 11) is 0. The van der Waals surface area contributed by atoms with Crippen molar-refractivity contribution < 1.29 is 5.11 Å². The maximum Gasteiger partial charge on any atom is 0.0954 e. The van der Waals surface area contributed by atoms with Gasteiger partial charge in [-0.15, -0.1) is 0 Å². The predicted molar refractivity (Wildman–Crippen MR) is 89.5 cm³/mol. The average Bonchev–Trinajstić information content (AvgIpc) is 3.09. The van der Waals surface area contributed by atoms with Crippen LogP contribution in [0.2, 0.25) is 0 Å². The van der Waals surface area contributed by atoms with Gasteiger partial charge in [-0.3, -0.25) is 4.90 Å². The van der Waals surface area contributed by atoms with Crippen molar-refractivity contribution in [1.82, 2.24) is 14.9 Å². The van der Waals surface area contributed by atoms with Gasteiger partial charge in [-0.2, -0.15) is 0 Å². The number of imidazole rings is 1. The van der Waals surface area contributed by atoms with Crippen LogP contribution in [0.3, 0.4) is 0 Å². The SMILES string of the molecule is CCC(c1ccccc1)N(CC)CCCC(O)c1cnc[nH]1. The Hall–Kier alpha value is -1.65. The van der Waals surface area contributed by atoms with Crippen LogP contribution in [-0.2, 0) is 0 Å². The van der Waals surface area contributed by atoms with Crippen molar-refractivity contribution in [2.75, 3.05) is 13.1 Å². The lowest BCUT2D eigenvalue weighted by Gasteiger charge is -2.30. The maximum absolute atomic E-state index is 10.1. The van der Waals surface area contributed by atoms with E-state index in [9.17, 15) is 5.11 Å². The zero-order chi connectivity index (χ0) is 15.8. The van der Waals surface area contributed by atoms with Crippen molar-refractivity contribution in [2.24, 2.45) is 0 Å². The second-order valence-corrected chi connectivity index (χ2v) is 5.63. The first-order valence-electron chi connectivity index (χ1n) is 8.21. The van der Waals surface area contributed by atoms with E-state index >= 15 is 0 Å². The highest BCUT2D eigenvalue weighted by molar-refractivity contribution is 5.18. The Balaban J connectivity index is 1.88. The monoisotopic (exact) mass is 301 g/mol. The number of hydrogen-bond donors (Lipinski definition) is 2. The molecule has 1 heterocycles. The van der Waals surface area contributed by atoms with Gasteiger partial charge in [0.1, 0.15) is 0 Å². The summed E-state index contributed by atoms with van der Waals surface area (Å²) >= 11 is 0. The molecule has 0 aliphatic rings. The summed E-state index contributed by atoms with van der Waals surface area (Å²) in [6.45, 7) is 6.46. The van der Waals surface area contributed by atoms with Crippen LogP contribution in [0.25, 0.3) is 0 Å². The minimum Gasteiger partial charge on any atom is -0.387 e. The third kappa shape index (κ3) is 4.42. The van der Waals surface area contributed by atoms with Gasteiger partial charge < -0.3 is 10.1 Å². The van der Waals surface area contributed by atoms with Crippen molar-refractivity contribution in [2.45, 2.75) is 45.3 Å². The lowest BCUT2D eigenvalue weighted by molar-refractivity contribution is 0.141. The molecule has 2 aromatic rings. The van der Waals surface area contributed by atoms with Crippen LogP contribution in [0.5, 0.6) is 0 Å². The molecule has 22 heavy (non-hydrogen) atoms. The molecule has 2 N–H and O–H groups in total. The van der Waals surface area contributed by atoms with Gasteiger partial charge >= 0.3 is 0 Å². The van der Waals surface area contributed by atoms with Crippen molar-refractivity contribution in [3.63, 3.8) is 0 Å². The third-order valence-electron chi connectivity index (χ3n) is 4.22. The molecule has 1 aromatic carbocycles. The number of rotatable bonds is 9. The van der Waals surface area contributed by atoms with Crippen LogP contribution >= 0.6 is 0 Å². The number of benzene rings is 1. The van der Waals surface area contributed by atoms with Crippen molar-refractivity contribution in [1.29, 1.82) is 0 Å². The molecule has 0 saturated carbocycles. The number of H-pyrrole nitrogens is 1. The Morgan fingerprint density at radius 3 is 2.59 bits per heavy atom. The minimum atomic E-state index is -0.446. The smallest absolute Gasteiger partial charge is 0.0954 e. The van der Waals surface area contributed by atoms with Crippen LogP contribution in [0, 0.1) is 0 Å². The topological polar surface area (TPSA) is 52.1 Å². The summed E-state index contributed by atoms with van der Waals surface area (Å²) in [6, 6.07) is 11.1. The second-order valence-electron chi connectivity index (χ2n) is 5.63. The Morgan fingerprint density at radius 1 is 1.23 bits per heavy atom. The standard InChI is InChI=1S/C18H27N3O/c1-3-17(15-9-6-5-7-10-15)21(4-2)12-8-11-18(22)16-13-19-14-20-16/h5-7,9-10,13-14,17-18,22H,3-4,8,11-12H2,1-2H3,(H,19,20). The second kappa shape index (κ2) is 8.71. The van der Waals surface area contributed by atoms with Gasteiger partial charge in [-0.25, -0.2) is 4.98 Å². The fraction of sp³-hybridized carbons (Fsp3) is 0.500. The Bertz CT molecular complexity index is 512. The van der Waals surface area contributed by atoms with Crippen LogP contribution in [0.4, 0.5) is 0 Å². The number of aliphatic hydroxyl groups excluding tert-OH is 1. The van der Waals surface area contributed by atoms with E-state index in [2.05, 4.69) is 59.0 Å². The molecule has 2 rings (SSSR count). The van der Waals surface area contributed by atoms with E-state index in [1.165, 1.54) is 5.56 Å². The highest BCUT2D eigenvalue weighted by atomic mass is 16.3. The van der Waals surface area contributed by atoms with Crippen LogP contribution in [0.15, 0.2) is 42.9 Å². The van der Waals surface area contributed by atoms with Crippen molar-refractivity contribution in [3.8, 4) is 0 Å². The first-order chi connectivity index (χ1) is 10.8. The van der Waals surface area contributed by atoms with Crippen molar-refractivity contribution in [3.05, 3.63) is 54.1 Å². The van der Waals surface area contributed by atoms with Gasteiger partial charge in [0.05, 0.1) is 24.3 Å². The van der Waals surface area contributed by atoms with Crippen LogP contribution in [-0.4, -0.2) is 33.1 Å². The Kier molecular flexibility index (Phi) is 6.62. The van der Waals surface area contributed by atoms with Gasteiger partial charge in [0, 0.05) is 6.04 Å². The van der Waals surface area contributed by atoms with Gasteiger partial charge in [0.2, 0.25) is 0 Å². The first kappa shape index (κ1) is 16.7. The average molecular weight is 301 g/mol. The van der Waals surface area contributed by atoms with Gasteiger partial charge in [0.25, 0.3) is 0 Å². The Morgan fingerprint density at radius 2 is 2.00 bits per heavy atom. The van der Waals surface area contributed by atoms with E-state index in [-0.39, 0.29) is 0 Å². The zero-order valence-electron chi connectivity index (χ0n) is 13.6. The highest BCUT2D eigenvalue weighted by Crippen LogP contribution is 2.25. The highest BCUT2D eigenvalue weighted by Gasteiger charge is 2.17. The van der Waals surface area contributed by atoms with Crippen LogP contribution in [0.1, 0.15) is 56.5 Å². The summed E-state index contributed by atoms with van der Waals surface area (Å²) < 4.78 is 0. The Labute approximate surface area is 133 Å². The minimum absolute atomic E-state index is 0.446. The summed E-state index contributed by atoms with van der Waals surface area (Å²) in [5.74, 6) is 0. The first-order valence-corrected chi connectivity index (χ1v) is 8.21. The van der Waals surface area contributed by atoms with Crippen LogP contribution < -0.4 is 0 Å². The number of aliphatic hydroxyl groups is 1. The quantitative estimate of drug-likeness (QED) is 0.742. The molecule has 1 aromatic heterocycles. The molecule has 2 atom stereocenters. The molecular weight excluding hydrogens is 274 g/mol. The molecule has 0 aliphatic heterocycles. The number of nitrogens with one attached hydrogen (secondary N) is 1. The number of nitrogens with zero attached hydrogens (tertiary/aromatic N) is 2. The van der Waals surface area contributed by atoms with E-state index in [0.717, 1.165) is 38.0 Å². The fourth-order valence-corrected chi connectivity index (χ4v) is 3.01. The van der Waals surface area contributed by atoms with Gasteiger partial charge in [-0.1, -0.05) is 44.2 Å². The fourth-order valence-electron chi connectivity index (χ4n) is 3.01. The summed E-state index contributed by atoms with van der Waals surface area (Å²) in [4.78, 5) is 9.43. The van der Waals surface area contributed by atoms with Crippen molar-refractivity contribution >= 4 is 0 Å². The molecule has 0 aliphatic carbocycles. The molecule has 0 fully saturated rings. The number of aromatic nitrogens is 2. The van der Waals surface area contributed by atoms with E-state index in [4.69, 9.17) is 0 Å². The number of aromatic amines is 1. The van der Waals surface area contributed by atoms with E-state index in [0.29, 0.717) is 6.04 Å². The molecule has 0 amide bonds. The molecule has 0 saturated heterocycles. The molecule has 4 heteroatoms. The third-order valence-corrected chi connectivity index (χ3v) is 4.22. The molecule has 0 radical (unpaired) electrons. The number of hydrogen-bond acceptors (Lipinski definition) is 3. The molecule has 2 unspecified atom stereocenters. The largest absolute Gasteiger partial charge is 0.387 e. The lowest BCUT2D eigenvalue weighted by Crippen LogP contribution is -2.29. The molecule has 120 valence electrons. The summed E-state index contributed by atoms with van der Waals surface area (Å²) in [6.07, 6.45) is 5.68. The van der Waals surface area contributed by atoms with E-state index in [1.54, 1.807) is 12.5 Å². The molecular formula is C18H27N3O. The zero-order valence-corrected chi connectivity index (χ0v) is 13.6. The summed E-state index contributed by atoms with van der Waals surface area (Å²) in [5, 5.41) is 10.1. The predicted octanol–water partition coefficient (Wildman–Crippen LogP) is 3.70.